The fraction of sp³-hybridized carbons (Fsp3) is 0.300. The molecule has 0 amide bonds. The molecule has 47 heavy (non-hydrogen) atoms. The molecule has 0 heterocycles. The minimum atomic E-state index is 0. The third kappa shape index (κ3) is 14.5. The van der Waals surface area contributed by atoms with Crippen LogP contribution in [-0.2, 0) is 42.1 Å². The molecule has 2 saturated carbocycles. The van der Waals surface area contributed by atoms with Gasteiger partial charge in [0.1, 0.15) is 0 Å². The van der Waals surface area contributed by atoms with Crippen LogP contribution in [0.25, 0.3) is 0 Å². The van der Waals surface area contributed by atoms with Gasteiger partial charge in [-0.2, -0.15) is 0 Å². The number of hydrogen-bond acceptors (Lipinski definition) is 4. The average molecular weight is 1010 g/mol. The first-order chi connectivity index (χ1) is 21.8. The Morgan fingerprint density at radius 3 is 1.09 bits per heavy atom. The molecule has 2 aliphatic rings. The molecule has 4 atom stereocenters. The Kier molecular flexibility index (Phi) is 20.2. The Bertz CT molecular complexity index is 1250. The second kappa shape index (κ2) is 23.5. The van der Waals surface area contributed by atoms with Crippen molar-refractivity contribution in [3.05, 3.63) is 144 Å². The zero-order valence-corrected chi connectivity index (χ0v) is 31.9. The van der Waals surface area contributed by atoms with Crippen molar-refractivity contribution in [3.63, 3.8) is 0 Å². The number of rotatable bonds is 8. The molecule has 4 unspecified atom stereocenters. The minimum absolute atomic E-state index is 0. The molecule has 0 aromatic heterocycles. The fourth-order valence-corrected chi connectivity index (χ4v) is 5.65. The van der Waals surface area contributed by atoms with E-state index in [1.54, 1.807) is 0 Å². The van der Waals surface area contributed by atoms with E-state index in [1.165, 1.54) is 25.7 Å². The van der Waals surface area contributed by atoms with Crippen molar-refractivity contribution >= 4 is 37.3 Å². The third-order valence-corrected chi connectivity index (χ3v) is 8.09. The van der Waals surface area contributed by atoms with Crippen molar-refractivity contribution < 1.29 is 42.1 Å². The molecular weight excluding hydrogens is 962 g/mol. The summed E-state index contributed by atoms with van der Waals surface area (Å²) in [5.41, 5.74) is 4.40. The van der Waals surface area contributed by atoms with Crippen molar-refractivity contribution in [1.29, 1.82) is 0 Å². The predicted octanol–water partition coefficient (Wildman–Crippen LogP) is 9.09. The summed E-state index contributed by atoms with van der Waals surface area (Å²) in [7, 11) is 0. The largest absolute Gasteiger partial charge is 2.00 e. The van der Waals surface area contributed by atoms with E-state index in [2.05, 4.69) is 36.4 Å². The molecule has 2 fully saturated rings. The molecule has 250 valence electrons. The van der Waals surface area contributed by atoms with Gasteiger partial charge in [0.25, 0.3) is 0 Å². The van der Waals surface area contributed by atoms with E-state index in [0.717, 1.165) is 47.9 Å². The van der Waals surface area contributed by atoms with Gasteiger partial charge in [-0.05, 0) is 36.8 Å². The van der Waals surface area contributed by atoms with E-state index >= 15 is 0 Å². The zero-order chi connectivity index (χ0) is 30.1. The maximum absolute atomic E-state index is 4.80. The second-order valence-corrected chi connectivity index (χ2v) is 11.4. The first kappa shape index (κ1) is 40.4. The summed E-state index contributed by atoms with van der Waals surface area (Å²) in [6.45, 7) is 0. The summed E-state index contributed by atoms with van der Waals surface area (Å²) in [4.78, 5) is 19.2. The SMILES string of the molecule is Cl.[Pt+2].[Pt].[c-]1ccccc1C=NC1CCCCC1N=Cc1ccccc1.[c-]1ccccc1C=NC1CCCCC1N=Cc1ccccc1. The van der Waals surface area contributed by atoms with Crippen LogP contribution >= 0.6 is 12.4 Å². The molecular formula is C40H43ClN4Pt2. The molecule has 4 aromatic carbocycles. The van der Waals surface area contributed by atoms with Gasteiger partial charge in [0.05, 0.1) is 24.2 Å². The van der Waals surface area contributed by atoms with Crippen molar-refractivity contribution in [1.82, 2.24) is 0 Å². The van der Waals surface area contributed by atoms with E-state index in [9.17, 15) is 0 Å². The topological polar surface area (TPSA) is 49.4 Å². The van der Waals surface area contributed by atoms with Crippen molar-refractivity contribution in [2.75, 3.05) is 0 Å². The van der Waals surface area contributed by atoms with Crippen LogP contribution in [0.2, 0.25) is 0 Å². The van der Waals surface area contributed by atoms with E-state index in [1.807, 2.05) is 110 Å². The second-order valence-electron chi connectivity index (χ2n) is 11.4. The Hall–Kier alpha value is -2.77. The predicted molar refractivity (Wildman–Crippen MR) is 193 cm³/mol. The fourth-order valence-electron chi connectivity index (χ4n) is 5.65. The van der Waals surface area contributed by atoms with Gasteiger partial charge in [0, 0.05) is 33.5 Å². The van der Waals surface area contributed by atoms with Crippen LogP contribution in [0.1, 0.15) is 73.6 Å². The first-order valence-electron chi connectivity index (χ1n) is 16.0. The van der Waals surface area contributed by atoms with Crippen LogP contribution in [0.5, 0.6) is 0 Å². The molecule has 0 bridgehead atoms. The van der Waals surface area contributed by atoms with Gasteiger partial charge in [-0.1, -0.05) is 98.8 Å². The molecule has 0 radical (unpaired) electrons. The minimum Gasteiger partial charge on any atom is -0.335 e. The van der Waals surface area contributed by atoms with Gasteiger partial charge in [-0.15, -0.1) is 84.2 Å². The smallest absolute Gasteiger partial charge is 0.335 e. The maximum Gasteiger partial charge on any atom is 2.00 e. The summed E-state index contributed by atoms with van der Waals surface area (Å²) in [6, 6.07) is 44.1. The maximum atomic E-state index is 4.80. The summed E-state index contributed by atoms with van der Waals surface area (Å²) >= 11 is 0. The monoisotopic (exact) mass is 1000 g/mol. The molecule has 2 aliphatic carbocycles. The molecule has 7 heteroatoms. The molecule has 0 spiro atoms. The summed E-state index contributed by atoms with van der Waals surface area (Å²) < 4.78 is 0. The third-order valence-electron chi connectivity index (χ3n) is 8.09. The average Bonchev–Trinajstić information content (AvgIpc) is 3.11. The molecule has 4 nitrogen and oxygen atoms in total. The van der Waals surface area contributed by atoms with Crippen LogP contribution in [0.3, 0.4) is 0 Å². The Balaban J connectivity index is 0.000000307. The van der Waals surface area contributed by atoms with Crippen LogP contribution in [0, 0.1) is 12.1 Å². The summed E-state index contributed by atoms with van der Waals surface area (Å²) in [5, 5.41) is 0. The molecule has 0 N–H and O–H groups in total. The Morgan fingerprint density at radius 1 is 0.447 bits per heavy atom. The number of aliphatic imine (C=N–C) groups is 4. The summed E-state index contributed by atoms with van der Waals surface area (Å²) in [6.07, 6.45) is 17.4. The van der Waals surface area contributed by atoms with Crippen molar-refractivity contribution in [3.8, 4) is 0 Å². The van der Waals surface area contributed by atoms with Gasteiger partial charge < -0.3 is 9.98 Å². The van der Waals surface area contributed by atoms with Crippen LogP contribution < -0.4 is 0 Å². The van der Waals surface area contributed by atoms with Crippen molar-refractivity contribution in [2.45, 2.75) is 75.5 Å². The number of hydrogen-bond donors (Lipinski definition) is 0. The zero-order valence-electron chi connectivity index (χ0n) is 26.5. The standard InChI is InChI=1S/2C20H21N2.ClH.2Pt/c2*1-3-9-17(10-4-1)15-21-19-13-7-8-14-20(19)22-16-18-11-5-2-6-12-18;;;/h2*1-6,9-11,15-16,19-20H,7-8,13-14H2;1H;;/q2*-1;;;+2. The molecule has 4 aromatic rings. The Labute approximate surface area is 316 Å². The van der Waals surface area contributed by atoms with E-state index in [4.69, 9.17) is 20.0 Å². The molecule has 0 saturated heterocycles. The van der Waals surface area contributed by atoms with Gasteiger partial charge in [0.2, 0.25) is 0 Å². The van der Waals surface area contributed by atoms with Gasteiger partial charge in [-0.25, -0.2) is 0 Å². The quantitative estimate of drug-likeness (QED) is 0.125. The van der Waals surface area contributed by atoms with E-state index < -0.39 is 0 Å². The molecule has 0 aliphatic heterocycles. The van der Waals surface area contributed by atoms with Crippen molar-refractivity contribution in [2.24, 2.45) is 20.0 Å². The van der Waals surface area contributed by atoms with E-state index in [0.29, 0.717) is 24.2 Å². The number of nitrogens with zero attached hydrogens (tertiary/aromatic N) is 4. The summed E-state index contributed by atoms with van der Waals surface area (Å²) in [5.74, 6) is 0. The number of benzene rings is 4. The van der Waals surface area contributed by atoms with Gasteiger partial charge in [0.15, 0.2) is 0 Å². The van der Waals surface area contributed by atoms with Crippen LogP contribution in [0.15, 0.2) is 129 Å². The first-order valence-corrected chi connectivity index (χ1v) is 16.0. The van der Waals surface area contributed by atoms with Crippen LogP contribution in [0.4, 0.5) is 0 Å². The normalized spacial score (nSPS) is 20.9. The van der Waals surface area contributed by atoms with Gasteiger partial charge in [-0.3, -0.25) is 9.98 Å². The van der Waals surface area contributed by atoms with Gasteiger partial charge >= 0.3 is 21.1 Å². The molecule has 6 rings (SSSR count). The van der Waals surface area contributed by atoms with E-state index in [-0.39, 0.29) is 54.5 Å². The van der Waals surface area contributed by atoms with Crippen LogP contribution in [-0.4, -0.2) is 49.0 Å². The Morgan fingerprint density at radius 2 is 0.766 bits per heavy atom. The number of halogens is 1.